The Bertz CT molecular complexity index is 374. The molecule has 0 spiro atoms. The fourth-order valence-corrected chi connectivity index (χ4v) is 1.76. The maximum absolute atomic E-state index is 9.82. The molecule has 14 heavy (non-hydrogen) atoms. The zero-order valence-electron chi connectivity index (χ0n) is 8.34. The summed E-state index contributed by atoms with van der Waals surface area (Å²) in [6.45, 7) is 3.78. The Kier molecular flexibility index (Phi) is 4.19. The number of hydrogen-bond donors (Lipinski definition) is 1. The van der Waals surface area contributed by atoms with Crippen molar-refractivity contribution in [2.45, 2.75) is 26.4 Å². The maximum Gasteiger partial charge on any atom is 0.0910 e. The van der Waals surface area contributed by atoms with Gasteiger partial charge in [0.05, 0.1) is 6.10 Å². The number of benzene rings is 1. The molecule has 0 amide bonds. The fraction of sp³-hybridized carbons (Fsp3) is 0.333. The molecule has 74 valence electrons. The SMILES string of the molecule is CC#CCC(O)c1cccc(C)c1Br. The minimum absolute atomic E-state index is 0.485. The summed E-state index contributed by atoms with van der Waals surface area (Å²) >= 11 is 3.46. The number of hydrogen-bond acceptors (Lipinski definition) is 1. The summed E-state index contributed by atoms with van der Waals surface area (Å²) in [5.74, 6) is 5.65. The van der Waals surface area contributed by atoms with E-state index in [-0.39, 0.29) is 0 Å². The Morgan fingerprint density at radius 2 is 2.21 bits per heavy atom. The van der Waals surface area contributed by atoms with E-state index in [1.54, 1.807) is 6.92 Å². The van der Waals surface area contributed by atoms with E-state index in [1.165, 1.54) is 0 Å². The van der Waals surface area contributed by atoms with Crippen molar-refractivity contribution in [2.75, 3.05) is 0 Å². The van der Waals surface area contributed by atoms with Gasteiger partial charge in [-0.05, 0) is 25.0 Å². The molecular weight excluding hydrogens is 240 g/mol. The van der Waals surface area contributed by atoms with Crippen molar-refractivity contribution >= 4 is 15.9 Å². The van der Waals surface area contributed by atoms with Gasteiger partial charge in [-0.1, -0.05) is 34.1 Å². The lowest BCUT2D eigenvalue weighted by Gasteiger charge is -2.11. The predicted molar refractivity (Wildman–Crippen MR) is 61.9 cm³/mol. The summed E-state index contributed by atoms with van der Waals surface area (Å²) in [6, 6.07) is 5.86. The third kappa shape index (κ3) is 2.60. The Morgan fingerprint density at radius 3 is 2.86 bits per heavy atom. The summed E-state index contributed by atoms with van der Waals surface area (Å²) < 4.78 is 0.977. The zero-order valence-corrected chi connectivity index (χ0v) is 9.93. The van der Waals surface area contributed by atoms with E-state index >= 15 is 0 Å². The van der Waals surface area contributed by atoms with Crippen LogP contribution in [0.5, 0.6) is 0 Å². The Morgan fingerprint density at radius 1 is 1.50 bits per heavy atom. The van der Waals surface area contributed by atoms with Gasteiger partial charge >= 0.3 is 0 Å². The van der Waals surface area contributed by atoms with Crippen LogP contribution in [0.2, 0.25) is 0 Å². The first-order valence-corrected chi connectivity index (χ1v) is 5.28. The van der Waals surface area contributed by atoms with E-state index in [0.717, 1.165) is 15.6 Å². The molecule has 0 saturated heterocycles. The van der Waals surface area contributed by atoms with E-state index in [0.29, 0.717) is 6.42 Å². The molecule has 0 fully saturated rings. The van der Waals surface area contributed by atoms with Crippen LogP contribution in [0.1, 0.15) is 30.6 Å². The molecule has 0 bridgehead atoms. The van der Waals surface area contributed by atoms with Crippen LogP contribution >= 0.6 is 15.9 Å². The van der Waals surface area contributed by atoms with Crippen LogP contribution in [0.15, 0.2) is 22.7 Å². The van der Waals surface area contributed by atoms with Gasteiger partial charge in [-0.25, -0.2) is 0 Å². The first-order valence-electron chi connectivity index (χ1n) is 4.49. The van der Waals surface area contributed by atoms with Crippen molar-refractivity contribution in [1.29, 1.82) is 0 Å². The Balaban J connectivity index is 2.93. The van der Waals surface area contributed by atoms with E-state index in [4.69, 9.17) is 0 Å². The molecular formula is C12H13BrO. The van der Waals surface area contributed by atoms with Gasteiger partial charge in [0, 0.05) is 10.9 Å². The largest absolute Gasteiger partial charge is 0.387 e. The average Bonchev–Trinajstić information content (AvgIpc) is 2.18. The second-order valence-electron chi connectivity index (χ2n) is 3.12. The van der Waals surface area contributed by atoms with E-state index in [1.807, 2.05) is 25.1 Å². The van der Waals surface area contributed by atoms with Crippen molar-refractivity contribution in [3.05, 3.63) is 33.8 Å². The monoisotopic (exact) mass is 252 g/mol. The number of aliphatic hydroxyl groups excluding tert-OH is 1. The van der Waals surface area contributed by atoms with Crippen LogP contribution in [-0.4, -0.2) is 5.11 Å². The Hall–Kier alpha value is -0.780. The van der Waals surface area contributed by atoms with Crippen LogP contribution in [-0.2, 0) is 0 Å². The lowest BCUT2D eigenvalue weighted by molar-refractivity contribution is 0.183. The van der Waals surface area contributed by atoms with Gasteiger partial charge in [-0.15, -0.1) is 11.8 Å². The minimum Gasteiger partial charge on any atom is -0.387 e. The van der Waals surface area contributed by atoms with Gasteiger partial charge in [0.1, 0.15) is 0 Å². The number of aryl methyl sites for hydroxylation is 1. The van der Waals surface area contributed by atoms with Gasteiger partial charge in [0.2, 0.25) is 0 Å². The third-order valence-corrected chi connectivity index (χ3v) is 3.14. The molecule has 0 radical (unpaired) electrons. The lowest BCUT2D eigenvalue weighted by Crippen LogP contribution is -1.98. The van der Waals surface area contributed by atoms with Crippen molar-refractivity contribution < 1.29 is 5.11 Å². The average molecular weight is 253 g/mol. The molecule has 1 nitrogen and oxygen atoms in total. The smallest absolute Gasteiger partial charge is 0.0910 e. The van der Waals surface area contributed by atoms with Crippen molar-refractivity contribution in [3.8, 4) is 11.8 Å². The van der Waals surface area contributed by atoms with Crippen molar-refractivity contribution in [1.82, 2.24) is 0 Å². The lowest BCUT2D eigenvalue weighted by atomic mass is 10.0. The fourth-order valence-electron chi connectivity index (χ4n) is 1.24. The predicted octanol–water partition coefficient (Wildman–Crippen LogP) is 3.20. The molecule has 1 N–H and O–H groups in total. The number of rotatable bonds is 2. The highest BCUT2D eigenvalue weighted by Crippen LogP contribution is 2.27. The maximum atomic E-state index is 9.82. The zero-order chi connectivity index (χ0) is 10.6. The second kappa shape index (κ2) is 5.19. The van der Waals surface area contributed by atoms with Crippen molar-refractivity contribution in [3.63, 3.8) is 0 Å². The molecule has 0 aliphatic heterocycles. The number of halogens is 1. The molecule has 1 rings (SSSR count). The molecule has 1 atom stereocenters. The van der Waals surface area contributed by atoms with Gasteiger partial charge in [0.15, 0.2) is 0 Å². The van der Waals surface area contributed by atoms with Crippen LogP contribution in [0, 0.1) is 18.8 Å². The van der Waals surface area contributed by atoms with E-state index in [9.17, 15) is 5.11 Å². The van der Waals surface area contributed by atoms with Crippen LogP contribution in [0.3, 0.4) is 0 Å². The first kappa shape index (κ1) is 11.3. The van der Waals surface area contributed by atoms with Crippen LogP contribution in [0.25, 0.3) is 0 Å². The number of aliphatic hydroxyl groups is 1. The summed E-state index contributed by atoms with van der Waals surface area (Å²) in [5.41, 5.74) is 2.04. The second-order valence-corrected chi connectivity index (χ2v) is 3.92. The molecule has 2 heteroatoms. The van der Waals surface area contributed by atoms with Gasteiger partial charge in [-0.2, -0.15) is 0 Å². The van der Waals surface area contributed by atoms with Crippen molar-refractivity contribution in [2.24, 2.45) is 0 Å². The molecule has 0 aliphatic rings. The van der Waals surface area contributed by atoms with Gasteiger partial charge < -0.3 is 5.11 Å². The third-order valence-electron chi connectivity index (χ3n) is 2.05. The standard InChI is InChI=1S/C12H13BrO/c1-3-4-8-11(14)10-7-5-6-9(2)12(10)13/h5-7,11,14H,8H2,1-2H3. The summed E-state index contributed by atoms with van der Waals surface area (Å²) in [6.07, 6.45) is -0.0184. The molecule has 1 unspecified atom stereocenters. The summed E-state index contributed by atoms with van der Waals surface area (Å²) in [7, 11) is 0. The van der Waals surface area contributed by atoms with Crippen LogP contribution in [0.4, 0.5) is 0 Å². The van der Waals surface area contributed by atoms with Gasteiger partial charge in [-0.3, -0.25) is 0 Å². The minimum atomic E-state index is -0.503. The molecule has 1 aromatic carbocycles. The molecule has 0 aliphatic carbocycles. The van der Waals surface area contributed by atoms with Gasteiger partial charge in [0.25, 0.3) is 0 Å². The molecule has 0 saturated carbocycles. The highest BCUT2D eigenvalue weighted by Gasteiger charge is 2.10. The first-order chi connectivity index (χ1) is 6.66. The normalized spacial score (nSPS) is 11.7. The quantitative estimate of drug-likeness (QED) is 0.802. The van der Waals surface area contributed by atoms with E-state index < -0.39 is 6.10 Å². The molecule has 1 aromatic rings. The summed E-state index contributed by atoms with van der Waals surface area (Å²) in [4.78, 5) is 0. The highest BCUT2D eigenvalue weighted by atomic mass is 79.9. The topological polar surface area (TPSA) is 20.2 Å². The summed E-state index contributed by atoms with van der Waals surface area (Å²) in [5, 5.41) is 9.82. The molecule has 0 heterocycles. The Labute approximate surface area is 93.3 Å². The highest BCUT2D eigenvalue weighted by molar-refractivity contribution is 9.10. The van der Waals surface area contributed by atoms with Crippen LogP contribution < -0.4 is 0 Å². The van der Waals surface area contributed by atoms with E-state index in [2.05, 4.69) is 27.8 Å². The molecule has 0 aromatic heterocycles.